The van der Waals surface area contributed by atoms with Gasteiger partial charge in [-0.25, -0.2) is 0 Å². The molecule has 102 valence electrons. The van der Waals surface area contributed by atoms with Crippen LogP contribution in [0.4, 0.5) is 11.4 Å². The first-order chi connectivity index (χ1) is 9.20. The van der Waals surface area contributed by atoms with Gasteiger partial charge in [-0.2, -0.15) is 0 Å². The lowest BCUT2D eigenvalue weighted by molar-refractivity contribution is -0.120. The van der Waals surface area contributed by atoms with Gasteiger partial charge >= 0.3 is 0 Å². The van der Waals surface area contributed by atoms with Crippen molar-refractivity contribution in [3.05, 3.63) is 24.3 Å². The molecule has 2 rings (SSSR count). The molecular formula is C14H18N2O3. The van der Waals surface area contributed by atoms with Gasteiger partial charge in [0.05, 0.1) is 0 Å². The number of rotatable bonds is 5. The minimum Gasteiger partial charge on any atom is -0.372 e. The van der Waals surface area contributed by atoms with Gasteiger partial charge in [-0.15, -0.1) is 0 Å². The number of carbonyl (C=O) groups excluding carboxylic acids is 2. The molecule has 2 amide bonds. The summed E-state index contributed by atoms with van der Waals surface area (Å²) in [6, 6.07) is 7.32. The van der Waals surface area contributed by atoms with E-state index in [0.29, 0.717) is 18.7 Å². The molecular weight excluding hydrogens is 244 g/mol. The highest BCUT2D eigenvalue weighted by molar-refractivity contribution is 5.97. The molecule has 1 aliphatic heterocycles. The number of nitrogens with zero attached hydrogens (tertiary/aromatic N) is 1. The number of carbonyl (C=O) groups is 2. The molecule has 0 bridgehead atoms. The lowest BCUT2D eigenvalue weighted by Gasteiger charge is -2.16. The van der Waals surface area contributed by atoms with Crippen LogP contribution in [-0.2, 0) is 14.3 Å². The van der Waals surface area contributed by atoms with E-state index >= 15 is 0 Å². The molecule has 5 nitrogen and oxygen atoms in total. The van der Waals surface area contributed by atoms with Gasteiger partial charge in [-0.3, -0.25) is 9.59 Å². The molecule has 1 saturated heterocycles. The van der Waals surface area contributed by atoms with Gasteiger partial charge in [-0.1, -0.05) is 6.07 Å². The summed E-state index contributed by atoms with van der Waals surface area (Å²) in [5, 5.41) is 2.75. The van der Waals surface area contributed by atoms with Crippen molar-refractivity contribution in [2.45, 2.75) is 19.8 Å². The summed E-state index contributed by atoms with van der Waals surface area (Å²) >= 11 is 0. The van der Waals surface area contributed by atoms with Crippen LogP contribution in [0.3, 0.4) is 0 Å². The first kappa shape index (κ1) is 13.5. The summed E-state index contributed by atoms with van der Waals surface area (Å²) in [7, 11) is 0. The van der Waals surface area contributed by atoms with E-state index in [0.717, 1.165) is 18.7 Å². The van der Waals surface area contributed by atoms with E-state index in [9.17, 15) is 9.59 Å². The van der Waals surface area contributed by atoms with Crippen molar-refractivity contribution in [3.63, 3.8) is 0 Å². The first-order valence-electron chi connectivity index (χ1n) is 6.48. The summed E-state index contributed by atoms with van der Waals surface area (Å²) in [5.74, 6) is -0.0514. The fourth-order valence-electron chi connectivity index (χ4n) is 2.06. The molecule has 0 radical (unpaired) electrons. The van der Waals surface area contributed by atoms with E-state index in [2.05, 4.69) is 5.32 Å². The standard InChI is InChI=1S/C14H18N2O3/c1-2-19-10-13(17)15-11-5-3-6-12(9-11)16-8-4-7-14(16)18/h3,5-6,9H,2,4,7-8,10H2,1H3,(H,15,17). The minimum atomic E-state index is -0.188. The molecule has 19 heavy (non-hydrogen) atoms. The van der Waals surface area contributed by atoms with E-state index in [1.807, 2.05) is 25.1 Å². The maximum atomic E-state index is 11.7. The lowest BCUT2D eigenvalue weighted by Crippen LogP contribution is -2.24. The van der Waals surface area contributed by atoms with Crippen molar-refractivity contribution >= 4 is 23.2 Å². The molecule has 0 aliphatic carbocycles. The van der Waals surface area contributed by atoms with Crippen molar-refractivity contribution in [1.82, 2.24) is 0 Å². The van der Waals surface area contributed by atoms with Crippen molar-refractivity contribution < 1.29 is 14.3 Å². The zero-order valence-electron chi connectivity index (χ0n) is 11.0. The third kappa shape index (κ3) is 3.54. The fourth-order valence-corrected chi connectivity index (χ4v) is 2.06. The molecule has 0 aromatic heterocycles. The van der Waals surface area contributed by atoms with Crippen LogP contribution in [0.25, 0.3) is 0 Å². The molecule has 1 fully saturated rings. The zero-order valence-corrected chi connectivity index (χ0v) is 11.0. The molecule has 1 aromatic carbocycles. The second-order valence-corrected chi connectivity index (χ2v) is 4.38. The van der Waals surface area contributed by atoms with Crippen LogP contribution in [0.5, 0.6) is 0 Å². The van der Waals surface area contributed by atoms with Crippen LogP contribution in [0.15, 0.2) is 24.3 Å². The molecule has 1 N–H and O–H groups in total. The SMILES string of the molecule is CCOCC(=O)Nc1cccc(N2CCCC2=O)c1. The maximum Gasteiger partial charge on any atom is 0.250 e. The van der Waals surface area contributed by atoms with Gasteiger partial charge in [0.25, 0.3) is 0 Å². The van der Waals surface area contributed by atoms with Crippen LogP contribution >= 0.6 is 0 Å². The van der Waals surface area contributed by atoms with Gasteiger partial charge in [0.15, 0.2) is 0 Å². The Kier molecular flexibility index (Phi) is 4.52. The van der Waals surface area contributed by atoms with E-state index in [-0.39, 0.29) is 18.4 Å². The highest BCUT2D eigenvalue weighted by atomic mass is 16.5. The van der Waals surface area contributed by atoms with Gasteiger partial charge < -0.3 is 15.0 Å². The smallest absolute Gasteiger partial charge is 0.250 e. The second kappa shape index (κ2) is 6.33. The van der Waals surface area contributed by atoms with Crippen molar-refractivity contribution in [2.75, 3.05) is 30.0 Å². The molecule has 0 saturated carbocycles. The fraction of sp³-hybridized carbons (Fsp3) is 0.429. The Labute approximate surface area is 112 Å². The Morgan fingerprint density at radius 1 is 1.47 bits per heavy atom. The third-order valence-corrected chi connectivity index (χ3v) is 2.95. The van der Waals surface area contributed by atoms with Crippen LogP contribution < -0.4 is 10.2 Å². The van der Waals surface area contributed by atoms with Gasteiger partial charge in [0, 0.05) is 30.9 Å². The maximum absolute atomic E-state index is 11.7. The van der Waals surface area contributed by atoms with Gasteiger partial charge in [0.2, 0.25) is 11.8 Å². The Bertz CT molecular complexity index is 474. The Hall–Kier alpha value is -1.88. The molecule has 1 aliphatic rings. The van der Waals surface area contributed by atoms with Crippen molar-refractivity contribution in [3.8, 4) is 0 Å². The first-order valence-corrected chi connectivity index (χ1v) is 6.48. The second-order valence-electron chi connectivity index (χ2n) is 4.38. The average molecular weight is 262 g/mol. The van der Waals surface area contributed by atoms with Crippen LogP contribution in [0.2, 0.25) is 0 Å². The van der Waals surface area contributed by atoms with E-state index in [1.165, 1.54) is 0 Å². The minimum absolute atomic E-state index is 0.0450. The molecule has 0 spiro atoms. The summed E-state index contributed by atoms with van der Waals surface area (Å²) < 4.78 is 5.04. The van der Waals surface area contributed by atoms with E-state index < -0.39 is 0 Å². The normalized spacial score (nSPS) is 14.8. The number of ether oxygens (including phenoxy) is 1. The van der Waals surface area contributed by atoms with Gasteiger partial charge in [0.1, 0.15) is 6.61 Å². The topological polar surface area (TPSA) is 58.6 Å². The summed E-state index contributed by atoms with van der Waals surface area (Å²) in [6.45, 7) is 3.14. The zero-order chi connectivity index (χ0) is 13.7. The van der Waals surface area contributed by atoms with E-state index in [1.54, 1.807) is 11.0 Å². The number of anilines is 2. The molecule has 5 heteroatoms. The van der Waals surface area contributed by atoms with Crippen LogP contribution in [0.1, 0.15) is 19.8 Å². The third-order valence-electron chi connectivity index (χ3n) is 2.95. The largest absolute Gasteiger partial charge is 0.372 e. The Morgan fingerprint density at radius 3 is 3.00 bits per heavy atom. The van der Waals surface area contributed by atoms with Crippen LogP contribution in [-0.4, -0.2) is 31.6 Å². The molecule has 1 aromatic rings. The number of hydrogen-bond donors (Lipinski definition) is 1. The van der Waals surface area contributed by atoms with E-state index in [4.69, 9.17) is 4.74 Å². The Morgan fingerprint density at radius 2 is 2.32 bits per heavy atom. The number of benzene rings is 1. The summed E-state index contributed by atoms with van der Waals surface area (Å²) in [6.07, 6.45) is 1.49. The van der Waals surface area contributed by atoms with Crippen molar-refractivity contribution in [1.29, 1.82) is 0 Å². The average Bonchev–Trinajstić information content (AvgIpc) is 2.83. The number of nitrogens with one attached hydrogen (secondary N) is 1. The monoisotopic (exact) mass is 262 g/mol. The highest BCUT2D eigenvalue weighted by Crippen LogP contribution is 2.24. The highest BCUT2D eigenvalue weighted by Gasteiger charge is 2.21. The van der Waals surface area contributed by atoms with Crippen LogP contribution in [0, 0.1) is 0 Å². The van der Waals surface area contributed by atoms with Crippen molar-refractivity contribution in [2.24, 2.45) is 0 Å². The Balaban J connectivity index is 2.02. The molecule has 1 heterocycles. The quantitative estimate of drug-likeness (QED) is 0.880. The number of hydrogen-bond acceptors (Lipinski definition) is 3. The molecule has 0 atom stereocenters. The van der Waals surface area contributed by atoms with Gasteiger partial charge in [-0.05, 0) is 31.5 Å². The number of amides is 2. The summed E-state index contributed by atoms with van der Waals surface area (Å²) in [5.41, 5.74) is 1.51. The summed E-state index contributed by atoms with van der Waals surface area (Å²) in [4.78, 5) is 25.0. The lowest BCUT2D eigenvalue weighted by atomic mass is 10.2. The predicted molar refractivity (Wildman–Crippen MR) is 73.2 cm³/mol. The predicted octanol–water partition coefficient (Wildman–Crippen LogP) is 1.79. The molecule has 0 unspecified atom stereocenters.